The fourth-order valence-electron chi connectivity index (χ4n) is 2.93. The lowest BCUT2D eigenvalue weighted by Crippen LogP contribution is -2.32. The number of imidazole rings is 1. The second-order valence-corrected chi connectivity index (χ2v) is 5.56. The van der Waals surface area contributed by atoms with E-state index < -0.39 is 0 Å². The second-order valence-electron chi connectivity index (χ2n) is 5.56. The van der Waals surface area contributed by atoms with Gasteiger partial charge in [-0.15, -0.1) is 0 Å². The summed E-state index contributed by atoms with van der Waals surface area (Å²) < 4.78 is 2.12. The summed E-state index contributed by atoms with van der Waals surface area (Å²) in [5.74, 6) is 1.48. The number of amides is 1. The number of carbonyl (C=O) groups excluding carboxylic acids is 1. The largest absolute Gasteiger partial charge is 0.340 e. The predicted molar refractivity (Wildman–Crippen MR) is 74.9 cm³/mol. The van der Waals surface area contributed by atoms with E-state index in [2.05, 4.69) is 24.5 Å². The van der Waals surface area contributed by atoms with Gasteiger partial charge in [0.1, 0.15) is 5.82 Å². The molecule has 4 heteroatoms. The number of para-hydroxylation sites is 2. The third-order valence-corrected chi connectivity index (χ3v) is 3.97. The summed E-state index contributed by atoms with van der Waals surface area (Å²) in [6.07, 6.45) is 0.579. The molecule has 2 heterocycles. The van der Waals surface area contributed by atoms with Crippen LogP contribution in [-0.4, -0.2) is 32.9 Å². The van der Waals surface area contributed by atoms with Crippen LogP contribution in [0, 0.1) is 0 Å². The molecule has 1 unspecified atom stereocenters. The van der Waals surface area contributed by atoms with Gasteiger partial charge in [-0.3, -0.25) is 4.79 Å². The Morgan fingerprint density at radius 1 is 1.32 bits per heavy atom. The third-order valence-electron chi connectivity index (χ3n) is 3.97. The van der Waals surface area contributed by atoms with Crippen LogP contribution >= 0.6 is 0 Å². The number of carbonyl (C=O) groups is 1. The summed E-state index contributed by atoms with van der Waals surface area (Å²) in [6, 6.07) is 8.39. The third kappa shape index (κ3) is 1.91. The van der Waals surface area contributed by atoms with Crippen molar-refractivity contribution in [1.82, 2.24) is 14.5 Å². The average Bonchev–Trinajstić information content (AvgIpc) is 2.91. The Morgan fingerprint density at radius 2 is 2.05 bits per heavy atom. The minimum atomic E-state index is 0.215. The number of benzene rings is 1. The zero-order valence-corrected chi connectivity index (χ0v) is 11.6. The molecule has 0 aliphatic carbocycles. The van der Waals surface area contributed by atoms with Gasteiger partial charge >= 0.3 is 0 Å². The molecule has 0 N–H and O–H groups in total. The average molecular weight is 257 g/mol. The van der Waals surface area contributed by atoms with E-state index in [1.165, 1.54) is 0 Å². The number of hydrogen-bond donors (Lipinski definition) is 0. The maximum absolute atomic E-state index is 12.0. The van der Waals surface area contributed by atoms with Crippen molar-refractivity contribution in [3.63, 3.8) is 0 Å². The van der Waals surface area contributed by atoms with E-state index in [1.807, 2.05) is 30.1 Å². The fourth-order valence-corrected chi connectivity index (χ4v) is 2.93. The van der Waals surface area contributed by atoms with Crippen LogP contribution < -0.4 is 0 Å². The van der Waals surface area contributed by atoms with Crippen LogP contribution in [0.1, 0.15) is 32.0 Å². The highest BCUT2D eigenvalue weighted by atomic mass is 16.2. The summed E-state index contributed by atoms with van der Waals surface area (Å²) in [5.41, 5.74) is 2.14. The number of rotatable bonds is 2. The number of fused-ring (bicyclic) bond motifs is 1. The van der Waals surface area contributed by atoms with Gasteiger partial charge in [0, 0.05) is 32.0 Å². The number of hydrogen-bond acceptors (Lipinski definition) is 2. The molecule has 1 amide bonds. The van der Waals surface area contributed by atoms with E-state index >= 15 is 0 Å². The Kier molecular flexibility index (Phi) is 2.81. The van der Waals surface area contributed by atoms with Gasteiger partial charge in [0.05, 0.1) is 11.0 Å². The van der Waals surface area contributed by atoms with Gasteiger partial charge in [-0.05, 0) is 26.0 Å². The van der Waals surface area contributed by atoms with Crippen LogP contribution in [0.25, 0.3) is 11.0 Å². The van der Waals surface area contributed by atoms with Gasteiger partial charge in [-0.2, -0.15) is 0 Å². The molecule has 1 fully saturated rings. The Labute approximate surface area is 113 Å². The molecule has 1 aliphatic heterocycles. The summed E-state index contributed by atoms with van der Waals surface area (Å²) in [5, 5.41) is 0. The highest BCUT2D eigenvalue weighted by Crippen LogP contribution is 2.30. The highest BCUT2D eigenvalue weighted by Gasteiger charge is 2.34. The Hall–Kier alpha value is -1.84. The number of likely N-dealkylation sites (tertiary alicyclic amines) is 1. The van der Waals surface area contributed by atoms with Crippen LogP contribution in [-0.2, 0) is 11.8 Å². The normalized spacial score (nSPS) is 19.9. The monoisotopic (exact) mass is 257 g/mol. The Bertz CT molecular complexity index is 629. The molecule has 1 aliphatic rings. The van der Waals surface area contributed by atoms with Crippen LogP contribution in [0.4, 0.5) is 0 Å². The molecule has 2 aromatic rings. The lowest BCUT2D eigenvalue weighted by molar-refractivity contribution is -0.129. The molecule has 19 heavy (non-hydrogen) atoms. The van der Waals surface area contributed by atoms with Crippen molar-refractivity contribution in [3.8, 4) is 0 Å². The van der Waals surface area contributed by atoms with Crippen molar-refractivity contribution >= 4 is 16.9 Å². The van der Waals surface area contributed by atoms with E-state index in [0.717, 1.165) is 23.4 Å². The zero-order chi connectivity index (χ0) is 13.6. The topological polar surface area (TPSA) is 38.1 Å². The van der Waals surface area contributed by atoms with Gasteiger partial charge in [-0.1, -0.05) is 12.1 Å². The van der Waals surface area contributed by atoms with E-state index in [0.29, 0.717) is 6.42 Å². The number of aromatic nitrogens is 2. The molecule has 1 aromatic carbocycles. The van der Waals surface area contributed by atoms with Crippen LogP contribution in [0.2, 0.25) is 0 Å². The van der Waals surface area contributed by atoms with Gasteiger partial charge in [0.2, 0.25) is 5.91 Å². The quantitative estimate of drug-likeness (QED) is 0.828. The number of nitrogens with zero attached hydrogens (tertiary/aromatic N) is 3. The van der Waals surface area contributed by atoms with Gasteiger partial charge in [-0.25, -0.2) is 4.98 Å². The first-order valence-electron chi connectivity index (χ1n) is 6.78. The van der Waals surface area contributed by atoms with Gasteiger partial charge < -0.3 is 9.47 Å². The lowest BCUT2D eigenvalue weighted by atomic mass is 10.1. The predicted octanol–water partition coefficient (Wildman–Crippen LogP) is 2.30. The zero-order valence-electron chi connectivity index (χ0n) is 11.6. The van der Waals surface area contributed by atoms with Crippen molar-refractivity contribution in [2.75, 3.05) is 6.54 Å². The Balaban J connectivity index is 1.98. The van der Waals surface area contributed by atoms with Crippen molar-refractivity contribution in [2.45, 2.75) is 32.2 Å². The summed E-state index contributed by atoms with van der Waals surface area (Å²) in [7, 11) is 2.03. The van der Waals surface area contributed by atoms with Crippen molar-refractivity contribution in [3.05, 3.63) is 30.1 Å². The lowest BCUT2D eigenvalue weighted by Gasteiger charge is -2.20. The highest BCUT2D eigenvalue weighted by molar-refractivity contribution is 5.81. The first kappa shape index (κ1) is 12.2. The maximum Gasteiger partial charge on any atom is 0.223 e. The fraction of sp³-hybridized carbons (Fsp3) is 0.467. The standard InChI is InChI=1S/C15H19N3O/c1-10(2)18-9-11(8-14(18)19)15-16-12-6-4-5-7-13(12)17(15)3/h4-7,10-11H,8-9H2,1-3H3. The molecule has 0 bridgehead atoms. The SMILES string of the molecule is CC(C)N1CC(c2nc3ccccc3n2C)CC1=O. The van der Waals surface area contributed by atoms with Gasteiger partial charge in [0.15, 0.2) is 0 Å². The van der Waals surface area contributed by atoms with E-state index in [-0.39, 0.29) is 17.9 Å². The molecule has 1 atom stereocenters. The minimum Gasteiger partial charge on any atom is -0.340 e. The molecule has 3 rings (SSSR count). The summed E-state index contributed by atoms with van der Waals surface area (Å²) in [4.78, 5) is 18.7. The van der Waals surface area contributed by atoms with Crippen molar-refractivity contribution < 1.29 is 4.79 Å². The number of aryl methyl sites for hydroxylation is 1. The van der Waals surface area contributed by atoms with Crippen LogP contribution in [0.5, 0.6) is 0 Å². The maximum atomic E-state index is 12.0. The molecule has 4 nitrogen and oxygen atoms in total. The van der Waals surface area contributed by atoms with Gasteiger partial charge in [0.25, 0.3) is 0 Å². The molecule has 1 aromatic heterocycles. The molecule has 1 saturated heterocycles. The van der Waals surface area contributed by atoms with Crippen LogP contribution in [0.15, 0.2) is 24.3 Å². The molecular weight excluding hydrogens is 238 g/mol. The molecule has 0 saturated carbocycles. The summed E-state index contributed by atoms with van der Waals surface area (Å²) >= 11 is 0. The molecule has 100 valence electrons. The second kappa shape index (κ2) is 4.37. The van der Waals surface area contributed by atoms with E-state index in [1.54, 1.807) is 0 Å². The van der Waals surface area contributed by atoms with Crippen molar-refractivity contribution in [1.29, 1.82) is 0 Å². The van der Waals surface area contributed by atoms with E-state index in [9.17, 15) is 4.79 Å². The molecule has 0 spiro atoms. The first-order valence-corrected chi connectivity index (χ1v) is 6.78. The summed E-state index contributed by atoms with van der Waals surface area (Å²) in [6.45, 7) is 4.91. The Morgan fingerprint density at radius 3 is 2.68 bits per heavy atom. The minimum absolute atomic E-state index is 0.215. The first-order chi connectivity index (χ1) is 9.08. The van der Waals surface area contributed by atoms with Crippen molar-refractivity contribution in [2.24, 2.45) is 7.05 Å². The van der Waals surface area contributed by atoms with E-state index in [4.69, 9.17) is 4.98 Å². The van der Waals surface area contributed by atoms with Crippen LogP contribution in [0.3, 0.4) is 0 Å². The smallest absolute Gasteiger partial charge is 0.223 e. The molecule has 0 radical (unpaired) electrons. The molecular formula is C15H19N3O.